The van der Waals surface area contributed by atoms with E-state index < -0.39 is 0 Å². The number of hydrogen-bond acceptors (Lipinski definition) is 3. The zero-order valence-electron chi connectivity index (χ0n) is 19.1. The lowest BCUT2D eigenvalue weighted by molar-refractivity contribution is -0.136. The molecule has 172 valence electrons. The highest BCUT2D eigenvalue weighted by Crippen LogP contribution is 2.28. The first-order chi connectivity index (χ1) is 16.7. The van der Waals surface area contributed by atoms with Gasteiger partial charge < -0.3 is 14.8 Å². The first kappa shape index (κ1) is 21.9. The number of likely N-dealkylation sites (tertiary alicyclic amines) is 1. The minimum absolute atomic E-state index is 0.0544. The molecule has 6 heteroatoms. The predicted molar refractivity (Wildman–Crippen MR) is 133 cm³/mol. The normalized spacial score (nSPS) is 14.3. The van der Waals surface area contributed by atoms with E-state index in [2.05, 4.69) is 45.2 Å². The van der Waals surface area contributed by atoms with E-state index in [4.69, 9.17) is 0 Å². The second kappa shape index (κ2) is 9.91. The SMILES string of the molecule is O=C(NCc1cccnc1)C1CCN(C(=O)Cn2c(-c3ccccc3)cc3ccccc32)CC1. The molecule has 0 atom stereocenters. The van der Waals surface area contributed by atoms with Crippen LogP contribution in [0.2, 0.25) is 0 Å². The van der Waals surface area contributed by atoms with Crippen molar-refractivity contribution >= 4 is 22.7 Å². The van der Waals surface area contributed by atoms with Gasteiger partial charge in [-0.1, -0.05) is 54.6 Å². The first-order valence-electron chi connectivity index (χ1n) is 11.8. The summed E-state index contributed by atoms with van der Waals surface area (Å²) in [5.74, 6) is 0.0829. The van der Waals surface area contributed by atoms with E-state index in [-0.39, 0.29) is 24.3 Å². The van der Waals surface area contributed by atoms with Crippen molar-refractivity contribution in [1.82, 2.24) is 19.8 Å². The van der Waals surface area contributed by atoms with Gasteiger partial charge in [-0.15, -0.1) is 0 Å². The number of amides is 2. The van der Waals surface area contributed by atoms with Gasteiger partial charge in [-0.3, -0.25) is 14.6 Å². The summed E-state index contributed by atoms with van der Waals surface area (Å²) in [4.78, 5) is 31.9. The number of hydrogen-bond donors (Lipinski definition) is 1. The molecule has 2 amide bonds. The number of nitrogens with zero attached hydrogens (tertiary/aromatic N) is 3. The molecule has 1 aliphatic heterocycles. The van der Waals surface area contributed by atoms with Gasteiger partial charge in [0.1, 0.15) is 6.54 Å². The van der Waals surface area contributed by atoms with Crippen LogP contribution in [0.25, 0.3) is 22.2 Å². The summed E-state index contributed by atoms with van der Waals surface area (Å²) in [7, 11) is 0. The fraction of sp³-hybridized carbons (Fsp3) is 0.250. The molecule has 0 saturated carbocycles. The minimum atomic E-state index is -0.0620. The van der Waals surface area contributed by atoms with Crippen LogP contribution in [0.3, 0.4) is 0 Å². The molecule has 0 unspecified atom stereocenters. The van der Waals surface area contributed by atoms with Crippen LogP contribution in [0.5, 0.6) is 0 Å². The molecule has 1 saturated heterocycles. The lowest BCUT2D eigenvalue weighted by Crippen LogP contribution is -2.44. The van der Waals surface area contributed by atoms with Crippen molar-refractivity contribution in [3.8, 4) is 11.3 Å². The lowest BCUT2D eigenvalue weighted by Gasteiger charge is -2.31. The largest absolute Gasteiger partial charge is 0.352 e. The maximum absolute atomic E-state index is 13.3. The van der Waals surface area contributed by atoms with Gasteiger partial charge in [0.25, 0.3) is 0 Å². The van der Waals surface area contributed by atoms with Gasteiger partial charge in [-0.2, -0.15) is 0 Å². The van der Waals surface area contributed by atoms with Crippen LogP contribution in [0.1, 0.15) is 18.4 Å². The van der Waals surface area contributed by atoms with E-state index in [0.717, 1.165) is 27.7 Å². The Morgan fingerprint density at radius 2 is 1.71 bits per heavy atom. The van der Waals surface area contributed by atoms with Gasteiger partial charge >= 0.3 is 0 Å². The summed E-state index contributed by atoms with van der Waals surface area (Å²) in [5, 5.41) is 4.13. The molecule has 1 aliphatic rings. The van der Waals surface area contributed by atoms with Gasteiger partial charge in [0.05, 0.1) is 0 Å². The number of rotatable bonds is 6. The van der Waals surface area contributed by atoms with E-state index >= 15 is 0 Å². The Hall–Kier alpha value is -3.93. The van der Waals surface area contributed by atoms with E-state index in [0.29, 0.717) is 32.5 Å². The lowest BCUT2D eigenvalue weighted by atomic mass is 9.95. The van der Waals surface area contributed by atoms with Gasteiger partial charge in [0.15, 0.2) is 0 Å². The number of piperidine rings is 1. The summed E-state index contributed by atoms with van der Waals surface area (Å²) in [5.41, 5.74) is 4.17. The molecule has 1 N–H and O–H groups in total. The van der Waals surface area contributed by atoms with Crippen molar-refractivity contribution in [1.29, 1.82) is 0 Å². The molecule has 0 radical (unpaired) electrons. The highest BCUT2D eigenvalue weighted by molar-refractivity contribution is 5.89. The Balaban J connectivity index is 1.23. The zero-order chi connectivity index (χ0) is 23.3. The number of fused-ring (bicyclic) bond motifs is 1. The number of carbonyl (C=O) groups is 2. The van der Waals surface area contributed by atoms with E-state index in [9.17, 15) is 9.59 Å². The molecule has 34 heavy (non-hydrogen) atoms. The van der Waals surface area contributed by atoms with Crippen molar-refractivity contribution in [2.75, 3.05) is 13.1 Å². The standard InChI is InChI=1S/C28H28N4O2/c33-27(31-15-12-23(13-16-31)28(34)30-19-21-7-6-14-29-18-21)20-32-25-11-5-4-10-24(25)17-26(32)22-8-2-1-3-9-22/h1-11,14,17-18,23H,12-13,15-16,19-20H2,(H,30,34). The van der Waals surface area contributed by atoms with E-state index in [1.165, 1.54) is 0 Å². The minimum Gasteiger partial charge on any atom is -0.352 e. The Morgan fingerprint density at radius 1 is 0.941 bits per heavy atom. The van der Waals surface area contributed by atoms with E-state index in [1.54, 1.807) is 12.4 Å². The maximum atomic E-state index is 13.3. The summed E-state index contributed by atoms with van der Waals surface area (Å²) >= 11 is 0. The van der Waals surface area contributed by atoms with Gasteiger partial charge in [0.2, 0.25) is 11.8 Å². The smallest absolute Gasteiger partial charge is 0.242 e. The Kier molecular flexibility index (Phi) is 6.38. The Bertz CT molecular complexity index is 1280. The third-order valence-electron chi connectivity index (χ3n) is 6.58. The number of carbonyl (C=O) groups excluding carboxylic acids is 2. The van der Waals surface area contributed by atoms with Crippen LogP contribution in [0, 0.1) is 5.92 Å². The predicted octanol–water partition coefficient (Wildman–Crippen LogP) is 4.26. The quantitative estimate of drug-likeness (QED) is 0.475. The summed E-state index contributed by atoms with van der Waals surface area (Å²) in [6, 6.07) is 24.3. The fourth-order valence-electron chi connectivity index (χ4n) is 4.69. The number of benzene rings is 2. The molecule has 1 fully saturated rings. The molecule has 0 spiro atoms. The molecule has 2 aromatic carbocycles. The van der Waals surface area contributed by atoms with Crippen molar-refractivity contribution in [2.45, 2.75) is 25.9 Å². The first-order valence-corrected chi connectivity index (χ1v) is 11.8. The van der Waals surface area contributed by atoms with Crippen LogP contribution in [0.15, 0.2) is 85.2 Å². The molecule has 6 nitrogen and oxygen atoms in total. The molecule has 0 bridgehead atoms. The van der Waals surface area contributed by atoms with Crippen LogP contribution in [-0.2, 0) is 22.7 Å². The van der Waals surface area contributed by atoms with Gasteiger partial charge in [0, 0.05) is 54.5 Å². The maximum Gasteiger partial charge on any atom is 0.242 e. The van der Waals surface area contributed by atoms with Crippen molar-refractivity contribution < 1.29 is 9.59 Å². The molecule has 5 rings (SSSR count). The van der Waals surface area contributed by atoms with Crippen LogP contribution < -0.4 is 5.32 Å². The zero-order valence-corrected chi connectivity index (χ0v) is 19.1. The van der Waals surface area contributed by atoms with Crippen molar-refractivity contribution in [3.63, 3.8) is 0 Å². The number of nitrogens with one attached hydrogen (secondary N) is 1. The third kappa shape index (κ3) is 4.71. The second-order valence-corrected chi connectivity index (χ2v) is 8.77. The Morgan fingerprint density at radius 3 is 2.47 bits per heavy atom. The molecule has 0 aliphatic carbocycles. The van der Waals surface area contributed by atoms with Crippen LogP contribution in [0.4, 0.5) is 0 Å². The average molecular weight is 453 g/mol. The summed E-state index contributed by atoms with van der Waals surface area (Å²) in [6.07, 6.45) is 4.85. The molecule has 4 aromatic rings. The number of pyridine rings is 1. The highest BCUT2D eigenvalue weighted by Gasteiger charge is 2.27. The van der Waals surface area contributed by atoms with Gasteiger partial charge in [-0.25, -0.2) is 0 Å². The molecular weight excluding hydrogens is 424 g/mol. The third-order valence-corrected chi connectivity index (χ3v) is 6.58. The average Bonchev–Trinajstić information content (AvgIpc) is 3.27. The van der Waals surface area contributed by atoms with Crippen molar-refractivity contribution in [3.05, 3.63) is 90.8 Å². The van der Waals surface area contributed by atoms with Crippen LogP contribution in [-0.4, -0.2) is 39.4 Å². The molecule has 3 heterocycles. The summed E-state index contributed by atoms with van der Waals surface area (Å²) < 4.78 is 2.11. The van der Waals surface area contributed by atoms with Gasteiger partial charge in [-0.05, 0) is 42.2 Å². The monoisotopic (exact) mass is 452 g/mol. The fourth-order valence-corrected chi connectivity index (χ4v) is 4.69. The van der Waals surface area contributed by atoms with Crippen LogP contribution >= 0.6 is 0 Å². The Labute approximate surface area is 199 Å². The second-order valence-electron chi connectivity index (χ2n) is 8.77. The van der Waals surface area contributed by atoms with Crippen molar-refractivity contribution in [2.24, 2.45) is 5.92 Å². The van der Waals surface area contributed by atoms with E-state index in [1.807, 2.05) is 47.4 Å². The molecular formula is C28H28N4O2. The molecule has 2 aromatic heterocycles. The number of aromatic nitrogens is 2. The number of para-hydroxylation sites is 1. The highest BCUT2D eigenvalue weighted by atomic mass is 16.2. The topological polar surface area (TPSA) is 67.2 Å². The summed E-state index contributed by atoms with van der Waals surface area (Å²) in [6.45, 7) is 1.97.